The number of rotatable bonds is 4. The summed E-state index contributed by atoms with van der Waals surface area (Å²) in [6.07, 6.45) is -2.08. The molecule has 1 atom stereocenters. The van der Waals surface area contributed by atoms with E-state index in [2.05, 4.69) is 10.6 Å². The fourth-order valence-electron chi connectivity index (χ4n) is 1.28. The van der Waals surface area contributed by atoms with Crippen LogP contribution >= 0.6 is 34.8 Å². The average Bonchev–Trinajstić information content (AvgIpc) is 2.28. The predicted molar refractivity (Wildman–Crippen MR) is 78.9 cm³/mol. The van der Waals surface area contributed by atoms with Crippen molar-refractivity contribution in [1.29, 1.82) is 0 Å². The minimum Gasteiger partial charge on any atom is -0.447 e. The number of hydrogen-bond acceptors (Lipinski definition) is 3. The molecule has 1 unspecified atom stereocenters. The largest absolute Gasteiger partial charge is 0.447 e. The van der Waals surface area contributed by atoms with Crippen molar-refractivity contribution in [2.24, 2.45) is 0 Å². The minimum absolute atomic E-state index is 0.308. The Balaban J connectivity index is 2.75. The summed E-state index contributed by atoms with van der Waals surface area (Å²) < 4.78 is 15.9. The number of ether oxygens (including phenoxy) is 1. The van der Waals surface area contributed by atoms with Crippen LogP contribution in [0.25, 0.3) is 0 Å². The van der Waals surface area contributed by atoms with Gasteiger partial charge in [-0.1, -0.05) is 34.8 Å². The number of nitrogens with one attached hydrogen (secondary N) is 2. The monoisotopic (exact) mass is 342 g/mol. The van der Waals surface area contributed by atoms with Crippen molar-refractivity contribution in [3.8, 4) is 0 Å². The summed E-state index contributed by atoms with van der Waals surface area (Å²) in [5.41, 5.74) is 0.479. The maximum Gasteiger partial charge on any atom is 0.409 e. The van der Waals surface area contributed by atoms with Gasteiger partial charge in [0.25, 0.3) is 0 Å². The first kappa shape index (κ1) is 17.1. The van der Waals surface area contributed by atoms with Crippen LogP contribution in [0.3, 0.4) is 0 Å². The lowest BCUT2D eigenvalue weighted by Gasteiger charge is -2.27. The van der Waals surface area contributed by atoms with Gasteiger partial charge in [-0.3, -0.25) is 5.32 Å². The summed E-state index contributed by atoms with van der Waals surface area (Å²) in [4.78, 5) is 11.5. The van der Waals surface area contributed by atoms with Crippen LogP contribution in [0, 0.1) is 5.82 Å². The standard InChI is InChI=1S/C12H14Cl3FN2O2/c1-7(2)20-11(19)18-10(12(13,14)15)17-9-5-3-8(16)4-6-9/h3-7,10,17H,1-2H3,(H,18,19). The zero-order valence-corrected chi connectivity index (χ0v) is 13.1. The van der Waals surface area contributed by atoms with Gasteiger partial charge in [0.2, 0.25) is 3.79 Å². The van der Waals surface area contributed by atoms with E-state index in [1.54, 1.807) is 13.8 Å². The highest BCUT2D eigenvalue weighted by Gasteiger charge is 2.34. The fraction of sp³-hybridized carbons (Fsp3) is 0.417. The van der Waals surface area contributed by atoms with E-state index < -0.39 is 21.9 Å². The van der Waals surface area contributed by atoms with E-state index >= 15 is 0 Å². The molecule has 0 saturated carbocycles. The van der Waals surface area contributed by atoms with Gasteiger partial charge in [0.05, 0.1) is 6.10 Å². The van der Waals surface area contributed by atoms with E-state index in [9.17, 15) is 9.18 Å². The number of anilines is 1. The molecule has 112 valence electrons. The highest BCUT2D eigenvalue weighted by molar-refractivity contribution is 6.68. The summed E-state index contributed by atoms with van der Waals surface area (Å²) in [5.74, 6) is -0.395. The zero-order chi connectivity index (χ0) is 15.3. The van der Waals surface area contributed by atoms with Gasteiger partial charge in [0, 0.05) is 5.69 Å². The van der Waals surface area contributed by atoms with Crippen LogP contribution in [-0.4, -0.2) is 22.2 Å². The summed E-state index contributed by atoms with van der Waals surface area (Å²) in [7, 11) is 0. The number of hydrogen-bond donors (Lipinski definition) is 2. The Morgan fingerprint density at radius 1 is 1.25 bits per heavy atom. The SMILES string of the molecule is CC(C)OC(=O)NC(Nc1ccc(F)cc1)C(Cl)(Cl)Cl. The second-order valence-electron chi connectivity index (χ2n) is 4.22. The molecule has 1 aromatic carbocycles. The topological polar surface area (TPSA) is 50.4 Å². The highest BCUT2D eigenvalue weighted by atomic mass is 35.6. The van der Waals surface area contributed by atoms with Gasteiger partial charge in [-0.05, 0) is 38.1 Å². The Morgan fingerprint density at radius 3 is 2.25 bits per heavy atom. The molecule has 1 rings (SSSR count). The molecule has 1 amide bonds. The summed E-state index contributed by atoms with van der Waals surface area (Å²) in [6, 6.07) is 5.39. The number of carbonyl (C=O) groups excluding carboxylic acids is 1. The van der Waals surface area contributed by atoms with Crippen molar-refractivity contribution in [3.63, 3.8) is 0 Å². The van der Waals surface area contributed by atoms with E-state index in [0.29, 0.717) is 5.69 Å². The minimum atomic E-state index is -1.82. The molecule has 8 heteroatoms. The summed E-state index contributed by atoms with van der Waals surface area (Å²) in [6.45, 7) is 3.38. The normalized spacial score (nSPS) is 12.9. The molecule has 20 heavy (non-hydrogen) atoms. The van der Waals surface area contributed by atoms with Crippen molar-refractivity contribution < 1.29 is 13.9 Å². The number of alkyl carbamates (subject to hydrolysis) is 1. The number of halogens is 4. The van der Waals surface area contributed by atoms with Gasteiger partial charge in [-0.15, -0.1) is 0 Å². The van der Waals surface area contributed by atoms with Crippen LogP contribution in [0.15, 0.2) is 24.3 Å². The molecule has 0 aromatic heterocycles. The molecule has 0 aliphatic rings. The first-order valence-corrected chi connectivity index (χ1v) is 6.88. The molecular weight excluding hydrogens is 330 g/mol. The van der Waals surface area contributed by atoms with Crippen LogP contribution in [-0.2, 0) is 4.74 Å². The Bertz CT molecular complexity index is 449. The third-order valence-corrected chi connectivity index (χ3v) is 2.74. The number of benzene rings is 1. The molecule has 0 aliphatic carbocycles. The van der Waals surface area contributed by atoms with Gasteiger partial charge in [0.15, 0.2) is 0 Å². The lowest BCUT2D eigenvalue weighted by molar-refractivity contribution is 0.113. The zero-order valence-electron chi connectivity index (χ0n) is 10.8. The van der Waals surface area contributed by atoms with Crippen LogP contribution in [0.1, 0.15) is 13.8 Å². The molecule has 0 radical (unpaired) electrons. The van der Waals surface area contributed by atoms with Gasteiger partial charge in [0.1, 0.15) is 12.0 Å². The first-order valence-electron chi connectivity index (χ1n) is 5.74. The van der Waals surface area contributed by atoms with E-state index in [0.717, 1.165) is 0 Å². The van der Waals surface area contributed by atoms with Gasteiger partial charge < -0.3 is 10.1 Å². The molecule has 0 saturated heterocycles. The van der Waals surface area contributed by atoms with Gasteiger partial charge >= 0.3 is 6.09 Å². The lowest BCUT2D eigenvalue weighted by Crippen LogP contribution is -2.49. The number of amides is 1. The molecule has 1 aromatic rings. The number of carbonyl (C=O) groups is 1. The summed E-state index contributed by atoms with van der Waals surface area (Å²) >= 11 is 17.4. The third kappa shape index (κ3) is 6.03. The summed E-state index contributed by atoms with van der Waals surface area (Å²) in [5, 5.41) is 5.17. The molecule has 2 N–H and O–H groups in total. The van der Waals surface area contributed by atoms with E-state index in [-0.39, 0.29) is 6.10 Å². The number of alkyl halides is 3. The van der Waals surface area contributed by atoms with Crippen LogP contribution < -0.4 is 10.6 Å². The second-order valence-corrected chi connectivity index (χ2v) is 6.59. The van der Waals surface area contributed by atoms with Crippen molar-refractivity contribution >= 4 is 46.6 Å². The Labute approximate surface area is 131 Å². The van der Waals surface area contributed by atoms with Crippen LogP contribution in [0.4, 0.5) is 14.9 Å². The van der Waals surface area contributed by atoms with Crippen molar-refractivity contribution in [2.45, 2.75) is 29.9 Å². The maximum absolute atomic E-state index is 12.8. The Morgan fingerprint density at radius 2 is 1.80 bits per heavy atom. The molecule has 0 heterocycles. The lowest BCUT2D eigenvalue weighted by atomic mass is 10.3. The van der Waals surface area contributed by atoms with Crippen molar-refractivity contribution in [2.75, 3.05) is 5.32 Å². The fourth-order valence-corrected chi connectivity index (χ4v) is 1.61. The smallest absolute Gasteiger partial charge is 0.409 e. The molecule has 4 nitrogen and oxygen atoms in total. The second kappa shape index (κ2) is 7.20. The highest BCUT2D eigenvalue weighted by Crippen LogP contribution is 2.31. The third-order valence-electron chi connectivity index (χ3n) is 2.09. The Hall–Kier alpha value is -0.910. The average molecular weight is 344 g/mol. The van der Waals surface area contributed by atoms with Crippen LogP contribution in [0.2, 0.25) is 0 Å². The quantitative estimate of drug-likeness (QED) is 0.640. The van der Waals surface area contributed by atoms with Gasteiger partial charge in [-0.2, -0.15) is 0 Å². The Kier molecular flexibility index (Phi) is 6.17. The van der Waals surface area contributed by atoms with Crippen molar-refractivity contribution in [3.05, 3.63) is 30.1 Å². The van der Waals surface area contributed by atoms with Crippen LogP contribution in [0.5, 0.6) is 0 Å². The predicted octanol–water partition coefficient (Wildman–Crippen LogP) is 4.07. The molecule has 0 aliphatic heterocycles. The first-order chi connectivity index (χ1) is 9.18. The van der Waals surface area contributed by atoms with E-state index in [4.69, 9.17) is 39.5 Å². The van der Waals surface area contributed by atoms with E-state index in [1.165, 1.54) is 24.3 Å². The molecular formula is C12H14Cl3FN2O2. The van der Waals surface area contributed by atoms with E-state index in [1.807, 2.05) is 0 Å². The van der Waals surface area contributed by atoms with Gasteiger partial charge in [-0.25, -0.2) is 9.18 Å². The molecule has 0 spiro atoms. The molecule has 0 bridgehead atoms. The maximum atomic E-state index is 12.8. The molecule has 0 fully saturated rings. The van der Waals surface area contributed by atoms with Crippen molar-refractivity contribution in [1.82, 2.24) is 5.32 Å².